The molecule has 2 N–H and O–H groups in total. The van der Waals surface area contributed by atoms with Gasteiger partial charge in [0.25, 0.3) is 12.9 Å². The molecular formula is C60H56F3N7O4RuS5. The van der Waals surface area contributed by atoms with E-state index in [1.54, 1.807) is 65.3 Å². The smallest absolute Gasteiger partial charge is 0.753 e. The van der Waals surface area contributed by atoms with Crippen LogP contribution < -0.4 is 9.47 Å². The maximum Gasteiger partial charge on any atom is 2.00 e. The van der Waals surface area contributed by atoms with Crippen LogP contribution in [-0.4, -0.2) is 49.9 Å². The van der Waals surface area contributed by atoms with Crippen molar-refractivity contribution in [1.82, 2.24) is 19.9 Å². The Morgan fingerprint density at radius 3 is 1.99 bits per heavy atom. The molecule has 0 fully saturated rings. The zero-order valence-corrected chi connectivity index (χ0v) is 49.8. The van der Waals surface area contributed by atoms with Crippen LogP contribution in [0.3, 0.4) is 0 Å². The number of thiocarbonyl (C=S) groups is 1. The Labute approximate surface area is 497 Å². The number of carbonyl (C=O) groups is 2. The van der Waals surface area contributed by atoms with Gasteiger partial charge in [-0.15, -0.1) is 51.0 Å². The SMILES string of the molecule is CCCCCCc1ccsc1-c1ccnc(/C([NH-])=C/C(=N)C(F)(F)F)c1.CCCCCc1c2sccc2c(CCCC)c2cc(-c3ccc(-c4ccnc(-c5cc(OC=O)cc(-c6cc(OC=O)ccn6)n5)c4)s3)sc12.[N-]=C=S.[Ru+2]. The van der Waals surface area contributed by atoms with Gasteiger partial charge >= 0.3 is 25.7 Å². The van der Waals surface area contributed by atoms with Crippen LogP contribution in [0.25, 0.3) is 90.4 Å². The minimum Gasteiger partial charge on any atom is -0.753 e. The van der Waals surface area contributed by atoms with Crippen LogP contribution in [0.2, 0.25) is 0 Å². The molecule has 0 atom stereocenters. The first-order valence-electron chi connectivity index (χ1n) is 25.7. The summed E-state index contributed by atoms with van der Waals surface area (Å²) >= 11 is 10.9. The molecule has 20 heteroatoms. The van der Waals surface area contributed by atoms with E-state index < -0.39 is 17.6 Å². The van der Waals surface area contributed by atoms with Gasteiger partial charge in [-0.2, -0.15) is 18.3 Å². The quantitative estimate of drug-likeness (QED) is 0.0215. The number of halogens is 3. The minimum atomic E-state index is -4.76. The van der Waals surface area contributed by atoms with E-state index in [4.69, 9.17) is 31.0 Å². The van der Waals surface area contributed by atoms with Gasteiger partial charge in [0.1, 0.15) is 17.2 Å². The Balaban J connectivity index is 0.000000291. The number of thiophene rings is 4. The number of unbranched alkanes of at least 4 members (excludes halogenated alkanes) is 6. The summed E-state index contributed by atoms with van der Waals surface area (Å²) in [5.74, 6) is 0.623. The molecular weight excluding hydrogens is 1200 g/mol. The molecule has 0 amide bonds. The zero-order chi connectivity index (χ0) is 56.3. The third kappa shape index (κ3) is 16.3. The number of nitrogens with zero attached hydrogens (tertiary/aromatic N) is 5. The van der Waals surface area contributed by atoms with E-state index in [0.29, 0.717) is 53.3 Å². The number of ether oxygens (including phenoxy) is 2. The Kier molecular flexibility index (Phi) is 24.2. The van der Waals surface area contributed by atoms with Crippen LogP contribution in [-0.2, 0) is 48.3 Å². The van der Waals surface area contributed by atoms with E-state index in [1.165, 1.54) is 116 Å². The number of alkyl halides is 3. The van der Waals surface area contributed by atoms with Gasteiger partial charge in [-0.3, -0.25) is 30.0 Å². The number of pyridine rings is 4. The number of aryl methyl sites for hydroxylation is 3. The summed E-state index contributed by atoms with van der Waals surface area (Å²) in [7, 11) is 0. The molecule has 0 spiro atoms. The first-order valence-corrected chi connectivity index (χ1v) is 29.5. The molecule has 9 aromatic rings. The molecule has 8 aromatic heterocycles. The van der Waals surface area contributed by atoms with Crippen molar-refractivity contribution in [3.05, 3.63) is 148 Å². The van der Waals surface area contributed by atoms with Gasteiger partial charge in [-0.05, 0) is 155 Å². The maximum atomic E-state index is 12.5. The van der Waals surface area contributed by atoms with Crippen LogP contribution in [0.5, 0.6) is 11.5 Å². The average Bonchev–Trinajstić information content (AvgIpc) is 4.33. The second-order valence-electron chi connectivity index (χ2n) is 18.1. The summed E-state index contributed by atoms with van der Waals surface area (Å²) in [6, 6.07) is 25.1. The third-order valence-corrected chi connectivity index (χ3v) is 17.2. The van der Waals surface area contributed by atoms with Crippen LogP contribution >= 0.6 is 57.6 Å². The number of isothiocyanates is 1. The van der Waals surface area contributed by atoms with Crippen LogP contribution in [0.4, 0.5) is 13.2 Å². The number of aromatic nitrogens is 4. The molecule has 0 saturated heterocycles. The second kappa shape index (κ2) is 30.9. The standard InChI is InChI=1S/C40H35N3O4S3.C19H21F3N3S.CNS.Ru/c1-3-5-7-9-30-39-29(14-17-48-39)28(8-6-4-2)31-22-38(50-40(30)31)37-11-10-36(49-37)25-12-15-41-32(18-25)34-20-27(47-24-45)21-35(43-34)33-19-26(46-23-44)13-16-42-33;1-2-3-4-5-6-13-8-10-26-18(13)14-7-9-25-16(11-14)15(23)12-17(24)19(20,21)22;2-1-3;/h10-24H,3-9H2,1-2H3;7-12,23-24H,2-6H2,1H3;;/q;2*-1;+2/b;15-12-,24-17?;;. The largest absolute Gasteiger partial charge is 2.00 e. The summed E-state index contributed by atoms with van der Waals surface area (Å²) in [4.78, 5) is 44.7. The molecule has 11 nitrogen and oxygen atoms in total. The number of hydrogen-bond donors (Lipinski definition) is 1. The van der Waals surface area contributed by atoms with Crippen LogP contribution in [0.15, 0.2) is 114 Å². The predicted octanol–water partition coefficient (Wildman–Crippen LogP) is 18.7. The third-order valence-electron chi connectivity index (χ3n) is 12.7. The number of benzene rings is 1. The molecule has 0 aliphatic rings. The molecule has 0 aliphatic heterocycles. The van der Waals surface area contributed by atoms with E-state index >= 15 is 0 Å². The van der Waals surface area contributed by atoms with E-state index in [-0.39, 0.29) is 25.2 Å². The fourth-order valence-corrected chi connectivity index (χ4v) is 13.2. The number of nitrogens with one attached hydrogen (secondary N) is 2. The van der Waals surface area contributed by atoms with E-state index in [1.807, 2.05) is 40.2 Å². The fourth-order valence-electron chi connectivity index (χ4n) is 8.86. The summed E-state index contributed by atoms with van der Waals surface area (Å²) in [5, 5.41) is 22.6. The number of carbonyl (C=O) groups excluding carboxylic acids is 2. The van der Waals surface area contributed by atoms with Gasteiger partial charge < -0.3 is 20.6 Å². The van der Waals surface area contributed by atoms with E-state index in [2.05, 4.69) is 83.7 Å². The van der Waals surface area contributed by atoms with Crippen molar-refractivity contribution in [2.75, 3.05) is 0 Å². The predicted molar refractivity (Wildman–Crippen MR) is 323 cm³/mol. The van der Waals surface area contributed by atoms with Crippen molar-refractivity contribution in [3.8, 4) is 64.9 Å². The molecule has 0 saturated carbocycles. The molecule has 0 aliphatic carbocycles. The van der Waals surface area contributed by atoms with Crippen molar-refractivity contribution >= 4 is 107 Å². The molecule has 0 bridgehead atoms. The van der Waals surface area contributed by atoms with Crippen LogP contribution in [0, 0.1) is 5.41 Å². The number of hydrogen-bond acceptors (Lipinski definition) is 14. The summed E-state index contributed by atoms with van der Waals surface area (Å²) in [6.07, 6.45) is 14.4. The number of rotatable bonds is 23. The zero-order valence-electron chi connectivity index (χ0n) is 44.0. The minimum absolute atomic E-state index is 0. The molecule has 8 heterocycles. The number of allylic oxidation sites excluding steroid dienone is 1. The first-order chi connectivity index (χ1) is 38.3. The van der Waals surface area contributed by atoms with Crippen molar-refractivity contribution in [2.45, 2.75) is 104 Å². The van der Waals surface area contributed by atoms with E-state index in [0.717, 1.165) is 46.6 Å². The summed E-state index contributed by atoms with van der Waals surface area (Å²) in [5.41, 5.74) is 14.1. The Bertz CT molecular complexity index is 3600. The Morgan fingerprint density at radius 1 is 0.662 bits per heavy atom. The molecule has 414 valence electrons. The molecule has 80 heavy (non-hydrogen) atoms. The molecule has 0 radical (unpaired) electrons. The molecule has 0 unspecified atom stereocenters. The summed E-state index contributed by atoms with van der Waals surface area (Å²) < 4.78 is 50.6. The van der Waals surface area contributed by atoms with Crippen molar-refractivity contribution < 1.29 is 51.7 Å². The second-order valence-corrected chi connectivity index (χ2v) is 22.2. The van der Waals surface area contributed by atoms with Gasteiger partial charge in [0, 0.05) is 71.4 Å². The van der Waals surface area contributed by atoms with Crippen molar-refractivity contribution in [1.29, 1.82) is 5.41 Å². The van der Waals surface area contributed by atoms with Crippen molar-refractivity contribution in [2.24, 2.45) is 0 Å². The number of fused-ring (bicyclic) bond motifs is 2. The van der Waals surface area contributed by atoms with Gasteiger partial charge in [0.15, 0.2) is 0 Å². The maximum absolute atomic E-state index is 12.5. The fraction of sp³-hybridized carbons (Fsp3) is 0.267. The first kappa shape index (κ1) is 62.7. The topological polar surface area (TPSA) is 174 Å². The van der Waals surface area contributed by atoms with E-state index in [9.17, 15) is 22.8 Å². The normalized spacial score (nSPS) is 11.2. The average molecular weight is 1260 g/mol. The van der Waals surface area contributed by atoms with Gasteiger partial charge in [-0.1, -0.05) is 71.5 Å². The van der Waals surface area contributed by atoms with Crippen molar-refractivity contribution in [3.63, 3.8) is 0 Å². The summed E-state index contributed by atoms with van der Waals surface area (Å²) in [6.45, 7) is 7.43. The van der Waals surface area contributed by atoms with Gasteiger partial charge in [0.05, 0.1) is 22.8 Å². The van der Waals surface area contributed by atoms with Gasteiger partial charge in [-0.25, -0.2) is 4.98 Å². The molecule has 9 rings (SSSR count). The van der Waals surface area contributed by atoms with Crippen LogP contribution in [0.1, 0.15) is 101 Å². The monoisotopic (exact) mass is 1260 g/mol. The molecule has 1 aromatic carbocycles. The Hall–Kier alpha value is -6.50. The van der Waals surface area contributed by atoms with Gasteiger partial charge in [0.2, 0.25) is 0 Å². The Morgan fingerprint density at radius 2 is 1.27 bits per heavy atom.